The van der Waals surface area contributed by atoms with Crippen LogP contribution in [0.25, 0.3) is 0 Å². The summed E-state index contributed by atoms with van der Waals surface area (Å²) >= 11 is 0. The van der Waals surface area contributed by atoms with Crippen molar-refractivity contribution in [3.8, 4) is 0 Å². The second kappa shape index (κ2) is 4.61. The van der Waals surface area contributed by atoms with Crippen LogP contribution in [0.2, 0.25) is 0 Å². The molecule has 2 rings (SSSR count). The lowest BCUT2D eigenvalue weighted by Crippen LogP contribution is -2.45. The van der Waals surface area contributed by atoms with Gasteiger partial charge in [-0.15, -0.1) is 0 Å². The summed E-state index contributed by atoms with van der Waals surface area (Å²) in [6.07, 6.45) is 0.158. The summed E-state index contributed by atoms with van der Waals surface area (Å²) in [4.78, 5) is 11.4. The summed E-state index contributed by atoms with van der Waals surface area (Å²) in [6, 6.07) is 6.66. The van der Waals surface area contributed by atoms with E-state index in [1.807, 2.05) is 19.9 Å². The van der Waals surface area contributed by atoms with Crippen LogP contribution in [0.15, 0.2) is 29.2 Å². The highest BCUT2D eigenvalue weighted by atomic mass is 32.2. The topological polar surface area (TPSA) is 89.3 Å². The standard InChI is InChI=1S/C13H18N2O3S/c1-13(2,7-12(14)16)15-10-8-19(17,18)11-6-4-3-5-9(10)11/h3-6,10,15H,7-8H2,1-2H3,(H2,14,16). The van der Waals surface area contributed by atoms with E-state index in [2.05, 4.69) is 5.32 Å². The average Bonchev–Trinajstić information content (AvgIpc) is 2.49. The zero-order valence-electron chi connectivity index (χ0n) is 11.0. The molecular formula is C13H18N2O3S. The molecule has 0 fully saturated rings. The van der Waals surface area contributed by atoms with Gasteiger partial charge < -0.3 is 11.1 Å². The molecule has 5 nitrogen and oxygen atoms in total. The highest BCUT2D eigenvalue weighted by Crippen LogP contribution is 2.34. The molecule has 0 aromatic heterocycles. The molecule has 6 heteroatoms. The number of fused-ring (bicyclic) bond motifs is 1. The SMILES string of the molecule is CC(C)(CC(N)=O)NC1CS(=O)(=O)c2ccccc21. The number of nitrogens with two attached hydrogens (primary N) is 1. The van der Waals surface area contributed by atoms with E-state index in [0.717, 1.165) is 5.56 Å². The number of sulfone groups is 1. The molecule has 0 aliphatic carbocycles. The van der Waals surface area contributed by atoms with E-state index in [1.54, 1.807) is 18.2 Å². The Balaban J connectivity index is 2.28. The van der Waals surface area contributed by atoms with Crippen LogP contribution < -0.4 is 11.1 Å². The van der Waals surface area contributed by atoms with Crippen molar-refractivity contribution < 1.29 is 13.2 Å². The highest BCUT2D eigenvalue weighted by molar-refractivity contribution is 7.91. The minimum Gasteiger partial charge on any atom is -0.370 e. The van der Waals surface area contributed by atoms with Gasteiger partial charge in [0.25, 0.3) is 0 Å². The predicted molar refractivity (Wildman–Crippen MR) is 72.3 cm³/mol. The second-order valence-corrected chi connectivity index (χ2v) is 7.55. The zero-order valence-corrected chi connectivity index (χ0v) is 11.8. The van der Waals surface area contributed by atoms with Crippen molar-refractivity contribution in [1.82, 2.24) is 5.32 Å². The van der Waals surface area contributed by atoms with Crippen LogP contribution in [0.1, 0.15) is 31.9 Å². The molecule has 0 saturated heterocycles. The van der Waals surface area contributed by atoms with Crippen molar-refractivity contribution in [2.24, 2.45) is 5.73 Å². The molecule has 1 unspecified atom stereocenters. The Labute approximate surface area is 113 Å². The molecule has 104 valence electrons. The molecule has 0 bridgehead atoms. The largest absolute Gasteiger partial charge is 0.370 e. The van der Waals surface area contributed by atoms with Crippen molar-refractivity contribution >= 4 is 15.7 Å². The number of carbonyl (C=O) groups excluding carboxylic acids is 1. The Morgan fingerprint density at radius 2 is 2.05 bits per heavy atom. The first kappa shape index (κ1) is 14.0. The van der Waals surface area contributed by atoms with Crippen LogP contribution >= 0.6 is 0 Å². The maximum atomic E-state index is 12.0. The van der Waals surface area contributed by atoms with Gasteiger partial charge in [-0.3, -0.25) is 4.79 Å². The monoisotopic (exact) mass is 282 g/mol. The van der Waals surface area contributed by atoms with E-state index in [9.17, 15) is 13.2 Å². The lowest BCUT2D eigenvalue weighted by atomic mass is 9.97. The quantitative estimate of drug-likeness (QED) is 0.853. The van der Waals surface area contributed by atoms with E-state index >= 15 is 0 Å². The molecule has 1 aromatic rings. The molecule has 1 amide bonds. The average molecular weight is 282 g/mol. The molecule has 1 heterocycles. The van der Waals surface area contributed by atoms with Gasteiger partial charge >= 0.3 is 0 Å². The van der Waals surface area contributed by atoms with E-state index in [4.69, 9.17) is 5.73 Å². The molecule has 0 radical (unpaired) electrons. The van der Waals surface area contributed by atoms with Gasteiger partial charge in [0.1, 0.15) is 0 Å². The lowest BCUT2D eigenvalue weighted by Gasteiger charge is -2.29. The van der Waals surface area contributed by atoms with Crippen molar-refractivity contribution in [3.63, 3.8) is 0 Å². The summed E-state index contributed by atoms with van der Waals surface area (Å²) in [7, 11) is -3.23. The summed E-state index contributed by atoms with van der Waals surface area (Å²) in [5.41, 5.74) is 5.43. The Kier molecular flexibility index (Phi) is 3.40. The minimum atomic E-state index is -3.23. The van der Waals surface area contributed by atoms with Crippen LogP contribution in [-0.2, 0) is 14.6 Å². The van der Waals surface area contributed by atoms with Gasteiger partial charge in [0.15, 0.2) is 9.84 Å². The third-order valence-electron chi connectivity index (χ3n) is 3.20. The summed E-state index contributed by atoms with van der Waals surface area (Å²) in [6.45, 7) is 3.68. The van der Waals surface area contributed by atoms with Crippen LogP contribution in [0, 0.1) is 0 Å². The van der Waals surface area contributed by atoms with Crippen LogP contribution in [0.4, 0.5) is 0 Å². The molecule has 1 aromatic carbocycles. The number of primary amides is 1. The Morgan fingerprint density at radius 1 is 1.42 bits per heavy atom. The molecule has 0 spiro atoms. The molecule has 1 aliphatic heterocycles. The first-order valence-electron chi connectivity index (χ1n) is 6.09. The number of hydrogen-bond acceptors (Lipinski definition) is 4. The van der Waals surface area contributed by atoms with Crippen LogP contribution in [-0.4, -0.2) is 25.6 Å². The molecule has 0 saturated carbocycles. The van der Waals surface area contributed by atoms with Crippen molar-refractivity contribution in [2.75, 3.05) is 5.75 Å². The van der Waals surface area contributed by atoms with Crippen LogP contribution in [0.5, 0.6) is 0 Å². The van der Waals surface area contributed by atoms with Gasteiger partial charge in [-0.25, -0.2) is 8.42 Å². The van der Waals surface area contributed by atoms with E-state index in [1.165, 1.54) is 0 Å². The molecular weight excluding hydrogens is 264 g/mol. The molecule has 1 atom stereocenters. The fourth-order valence-electron chi connectivity index (χ4n) is 2.53. The first-order chi connectivity index (χ1) is 8.71. The molecule has 3 N–H and O–H groups in total. The third-order valence-corrected chi connectivity index (χ3v) is 5.01. The fourth-order valence-corrected chi connectivity index (χ4v) is 4.26. The van der Waals surface area contributed by atoms with Crippen molar-refractivity contribution in [1.29, 1.82) is 0 Å². The Bertz CT molecular complexity index is 608. The van der Waals surface area contributed by atoms with Crippen LogP contribution in [0.3, 0.4) is 0 Å². The highest BCUT2D eigenvalue weighted by Gasteiger charge is 2.37. The third kappa shape index (κ3) is 2.96. The van der Waals surface area contributed by atoms with E-state index in [-0.39, 0.29) is 18.2 Å². The Morgan fingerprint density at radius 3 is 2.68 bits per heavy atom. The number of amides is 1. The molecule has 19 heavy (non-hydrogen) atoms. The number of rotatable bonds is 4. The van der Waals surface area contributed by atoms with Crippen molar-refractivity contribution in [2.45, 2.75) is 36.7 Å². The predicted octanol–water partition coefficient (Wildman–Crippen LogP) is 0.759. The summed E-state index contributed by atoms with van der Waals surface area (Å²) in [5, 5.41) is 3.22. The van der Waals surface area contributed by atoms with E-state index < -0.39 is 21.3 Å². The van der Waals surface area contributed by atoms with Gasteiger partial charge in [-0.05, 0) is 25.5 Å². The Hall–Kier alpha value is -1.40. The number of nitrogens with one attached hydrogen (secondary N) is 1. The minimum absolute atomic E-state index is 0.0224. The maximum absolute atomic E-state index is 12.0. The zero-order chi connectivity index (χ0) is 14.3. The fraction of sp³-hybridized carbons (Fsp3) is 0.462. The number of benzene rings is 1. The van der Waals surface area contributed by atoms with Gasteiger partial charge in [-0.2, -0.15) is 0 Å². The normalized spacial score (nSPS) is 21.1. The first-order valence-corrected chi connectivity index (χ1v) is 7.74. The second-order valence-electron chi connectivity index (χ2n) is 5.54. The molecule has 1 aliphatic rings. The van der Waals surface area contributed by atoms with Gasteiger partial charge in [0.2, 0.25) is 5.91 Å². The van der Waals surface area contributed by atoms with Gasteiger partial charge in [0, 0.05) is 18.0 Å². The summed E-state index contributed by atoms with van der Waals surface area (Å²) < 4.78 is 24.1. The van der Waals surface area contributed by atoms with Gasteiger partial charge in [-0.1, -0.05) is 18.2 Å². The van der Waals surface area contributed by atoms with Crippen molar-refractivity contribution in [3.05, 3.63) is 29.8 Å². The number of carbonyl (C=O) groups is 1. The summed E-state index contributed by atoms with van der Waals surface area (Å²) in [5.74, 6) is -0.388. The maximum Gasteiger partial charge on any atom is 0.219 e. The van der Waals surface area contributed by atoms with E-state index in [0.29, 0.717) is 4.90 Å². The van der Waals surface area contributed by atoms with Gasteiger partial charge in [0.05, 0.1) is 10.6 Å². The lowest BCUT2D eigenvalue weighted by molar-refractivity contribution is -0.119. The smallest absolute Gasteiger partial charge is 0.219 e. The number of hydrogen-bond donors (Lipinski definition) is 2.